The van der Waals surface area contributed by atoms with Gasteiger partial charge in [-0.2, -0.15) is 0 Å². The number of nitrogens with two attached hydrogens (primary N) is 1. The van der Waals surface area contributed by atoms with Crippen molar-refractivity contribution in [2.24, 2.45) is 20.7 Å². The van der Waals surface area contributed by atoms with Gasteiger partial charge in [-0.1, -0.05) is 25.4 Å². The van der Waals surface area contributed by atoms with Gasteiger partial charge in [-0.3, -0.25) is 19.9 Å². The van der Waals surface area contributed by atoms with Crippen LogP contribution >= 0.6 is 11.6 Å². The van der Waals surface area contributed by atoms with Crippen LogP contribution in [0.25, 0.3) is 0 Å². The number of rotatable bonds is 10. The molecule has 0 spiro atoms. The van der Waals surface area contributed by atoms with E-state index in [1.54, 1.807) is 20.1 Å². The van der Waals surface area contributed by atoms with Crippen LogP contribution in [0.3, 0.4) is 0 Å². The van der Waals surface area contributed by atoms with Crippen molar-refractivity contribution in [3.63, 3.8) is 0 Å². The fraction of sp³-hybridized carbons (Fsp3) is 0.607. The number of aliphatic imine (C=N–C) groups is 3. The third-order valence-electron chi connectivity index (χ3n) is 6.56. The Balaban J connectivity index is 0.00000235. The molecule has 0 bridgehead atoms. The second-order valence-electron chi connectivity index (χ2n) is 9.86. The molecule has 2 aliphatic rings. The third-order valence-corrected chi connectivity index (χ3v) is 6.89. The van der Waals surface area contributed by atoms with E-state index >= 15 is 0 Å². The molecule has 1 atom stereocenters. The van der Waals surface area contributed by atoms with Crippen LogP contribution in [-0.2, 0) is 4.74 Å². The molecule has 0 aliphatic carbocycles. The quantitative estimate of drug-likeness (QED) is 0.380. The molecule has 9 heteroatoms. The summed E-state index contributed by atoms with van der Waals surface area (Å²) in [6.07, 6.45) is 6.48. The average molecular weight is 533 g/mol. The molecule has 0 saturated carbocycles. The topological polar surface area (TPSA) is 108 Å². The summed E-state index contributed by atoms with van der Waals surface area (Å²) in [7, 11) is 0. The number of benzene rings is 1. The summed E-state index contributed by atoms with van der Waals surface area (Å²) >= 11 is 6.72. The van der Waals surface area contributed by atoms with Gasteiger partial charge in [0.25, 0.3) is 0 Å². The Morgan fingerprint density at radius 1 is 1.30 bits per heavy atom. The average Bonchev–Trinajstić information content (AvgIpc) is 3.43. The van der Waals surface area contributed by atoms with Crippen molar-refractivity contribution in [2.45, 2.75) is 71.4 Å². The van der Waals surface area contributed by atoms with Crippen LogP contribution in [0.5, 0.6) is 0 Å². The normalized spacial score (nSPS) is 20.1. The minimum atomic E-state index is -0.874. The van der Waals surface area contributed by atoms with Gasteiger partial charge in [0.05, 0.1) is 35.8 Å². The van der Waals surface area contributed by atoms with Gasteiger partial charge in [0.1, 0.15) is 6.67 Å². The first-order valence-corrected chi connectivity index (χ1v) is 13.6. The van der Waals surface area contributed by atoms with Crippen molar-refractivity contribution in [2.75, 3.05) is 39.5 Å². The summed E-state index contributed by atoms with van der Waals surface area (Å²) in [5.41, 5.74) is 8.96. The number of piperidine rings is 1. The zero-order valence-corrected chi connectivity index (χ0v) is 23.9. The third kappa shape index (κ3) is 9.52. The molecule has 37 heavy (non-hydrogen) atoms. The largest absolute Gasteiger partial charge is 0.403 e. The maximum Gasteiger partial charge on any atom is 0.107 e. The lowest BCUT2D eigenvalue weighted by molar-refractivity contribution is 0.0904. The maximum atomic E-state index is 9.86. The van der Waals surface area contributed by atoms with Gasteiger partial charge >= 0.3 is 0 Å². The Bertz CT molecular complexity index is 956. The fourth-order valence-corrected chi connectivity index (χ4v) is 4.84. The number of hydrogen-bond acceptors (Lipinski definition) is 8. The van der Waals surface area contributed by atoms with E-state index in [9.17, 15) is 5.11 Å². The number of allylic oxidation sites excluding steroid dienone is 1. The molecule has 1 aromatic rings. The highest BCUT2D eigenvalue weighted by molar-refractivity contribution is 6.32. The van der Waals surface area contributed by atoms with E-state index in [4.69, 9.17) is 22.1 Å². The Morgan fingerprint density at radius 3 is 2.57 bits per heavy atom. The Hall–Kier alpha value is -2.26. The number of ether oxygens (including phenoxy) is 1. The molecule has 2 fully saturated rings. The monoisotopic (exact) mass is 532 g/mol. The van der Waals surface area contributed by atoms with Crippen LogP contribution < -0.4 is 11.1 Å². The van der Waals surface area contributed by atoms with Gasteiger partial charge in [-0.15, -0.1) is 0 Å². The van der Waals surface area contributed by atoms with E-state index in [1.165, 1.54) is 6.20 Å². The summed E-state index contributed by atoms with van der Waals surface area (Å²) in [5.74, 6) is 0.414. The summed E-state index contributed by atoms with van der Waals surface area (Å²) in [4.78, 5) is 15.6. The zero-order chi connectivity index (χ0) is 27.4. The number of nitrogens with zero attached hydrogens (tertiary/aromatic N) is 4. The van der Waals surface area contributed by atoms with E-state index in [-0.39, 0.29) is 6.54 Å². The number of nitrogens with one attached hydrogen (secondary N) is 1. The maximum absolute atomic E-state index is 9.86. The summed E-state index contributed by atoms with van der Waals surface area (Å²) in [5, 5.41) is 13.8. The minimum absolute atomic E-state index is 0.286. The lowest BCUT2D eigenvalue weighted by Gasteiger charge is -2.35. The Kier molecular flexibility index (Phi) is 12.7. The van der Waals surface area contributed by atoms with Crippen LogP contribution in [0.1, 0.15) is 70.9 Å². The van der Waals surface area contributed by atoms with Gasteiger partial charge in [-0.05, 0) is 83.5 Å². The van der Waals surface area contributed by atoms with E-state index in [0.717, 1.165) is 67.4 Å². The highest BCUT2D eigenvalue weighted by atomic mass is 35.5. The number of halogens is 1. The number of likely N-dealkylation sites (tertiary alicyclic amines) is 1. The molecule has 8 nitrogen and oxygen atoms in total. The lowest BCUT2D eigenvalue weighted by Crippen LogP contribution is -2.41. The van der Waals surface area contributed by atoms with E-state index in [2.05, 4.69) is 38.0 Å². The molecule has 4 N–H and O–H groups in total. The van der Waals surface area contributed by atoms with Crippen molar-refractivity contribution in [1.82, 2.24) is 10.2 Å². The Labute approximate surface area is 227 Å². The summed E-state index contributed by atoms with van der Waals surface area (Å²) in [6, 6.07) is 4.55. The van der Waals surface area contributed by atoms with E-state index in [1.807, 2.05) is 26.8 Å². The van der Waals surface area contributed by atoms with Crippen molar-refractivity contribution in [3.8, 4) is 0 Å². The first-order chi connectivity index (χ1) is 17.7. The Morgan fingerprint density at radius 2 is 2.00 bits per heavy atom. The standard InChI is InChI=1S/C26H39ClN6O2.C2H6/c1-18(31-16-26(2,3)34)25(13-28)32-17-30-14-20-11-23(27)22(12-24(20)29-4)19-5-8-33(9-6-19)21-7-10-35-15-21;1-2/h11-14,19,21,32,34H,4-10,15-17,28H2,1-3H3;1-2H3/b25-13+,30-14-,31-18?;. The first-order valence-electron chi connectivity index (χ1n) is 13.2. The first kappa shape index (κ1) is 31.0. The predicted octanol–water partition coefficient (Wildman–Crippen LogP) is 4.66. The van der Waals surface area contributed by atoms with E-state index in [0.29, 0.717) is 30.0 Å². The molecule has 2 aliphatic heterocycles. The van der Waals surface area contributed by atoms with Crippen LogP contribution in [0.2, 0.25) is 5.02 Å². The second kappa shape index (κ2) is 15.2. The summed E-state index contributed by atoms with van der Waals surface area (Å²) < 4.78 is 5.56. The van der Waals surface area contributed by atoms with Gasteiger partial charge < -0.3 is 20.9 Å². The molecule has 3 rings (SSSR count). The van der Waals surface area contributed by atoms with Crippen LogP contribution in [0.4, 0.5) is 5.69 Å². The molecule has 0 amide bonds. The second-order valence-corrected chi connectivity index (χ2v) is 10.3. The highest BCUT2D eigenvalue weighted by Crippen LogP contribution is 2.37. The van der Waals surface area contributed by atoms with Crippen molar-refractivity contribution < 1.29 is 9.84 Å². The smallest absolute Gasteiger partial charge is 0.107 e. The van der Waals surface area contributed by atoms with Crippen molar-refractivity contribution in [3.05, 3.63) is 40.2 Å². The number of hydrogen-bond donors (Lipinski definition) is 3. The van der Waals surface area contributed by atoms with Crippen molar-refractivity contribution >= 4 is 35.9 Å². The minimum Gasteiger partial charge on any atom is -0.403 e. The molecule has 0 aromatic heterocycles. The van der Waals surface area contributed by atoms with Gasteiger partial charge in [-0.25, -0.2) is 0 Å². The van der Waals surface area contributed by atoms with Crippen LogP contribution in [0.15, 0.2) is 39.0 Å². The van der Waals surface area contributed by atoms with E-state index < -0.39 is 5.60 Å². The lowest BCUT2D eigenvalue weighted by atomic mass is 9.88. The van der Waals surface area contributed by atoms with Crippen molar-refractivity contribution in [1.29, 1.82) is 0 Å². The van der Waals surface area contributed by atoms with Crippen LogP contribution in [0, 0.1) is 0 Å². The van der Waals surface area contributed by atoms with Gasteiger partial charge in [0, 0.05) is 35.6 Å². The molecular formula is C28H45ClN6O2. The number of aliphatic hydroxyl groups is 1. The predicted molar refractivity (Wildman–Crippen MR) is 157 cm³/mol. The zero-order valence-electron chi connectivity index (χ0n) is 23.1. The molecule has 2 saturated heterocycles. The van der Waals surface area contributed by atoms with Gasteiger partial charge in [0.2, 0.25) is 0 Å². The highest BCUT2D eigenvalue weighted by Gasteiger charge is 2.29. The fourth-order valence-electron chi connectivity index (χ4n) is 4.51. The van der Waals surface area contributed by atoms with Gasteiger partial charge in [0.15, 0.2) is 0 Å². The summed E-state index contributed by atoms with van der Waals surface area (Å²) in [6.45, 7) is 17.5. The molecule has 0 radical (unpaired) electrons. The molecule has 1 aromatic carbocycles. The molecule has 2 heterocycles. The molecule has 1 unspecified atom stereocenters. The van der Waals surface area contributed by atoms with Crippen LogP contribution in [-0.4, -0.2) is 79.8 Å². The molecule has 206 valence electrons. The SMILES string of the molecule is C=Nc1cc(C2CCN(C3CCOC3)CC2)c(Cl)cc1/C=N\CN/C(=C/N)C(C)=NCC(C)(C)O.CC. The molecular weight excluding hydrogens is 488 g/mol.